The van der Waals surface area contributed by atoms with Crippen molar-refractivity contribution in [2.24, 2.45) is 5.92 Å². The molecular formula is C17H24BrClN2. The molecule has 1 aromatic carbocycles. The highest BCUT2D eigenvalue weighted by Gasteiger charge is 2.27. The molecule has 0 spiro atoms. The summed E-state index contributed by atoms with van der Waals surface area (Å²) in [5.41, 5.74) is 1.29. The largest absolute Gasteiger partial charge is 0.370 e. The van der Waals surface area contributed by atoms with E-state index in [9.17, 15) is 0 Å². The Bertz CT molecular complexity index is 474. The monoisotopic (exact) mass is 370 g/mol. The van der Waals surface area contributed by atoms with Crippen molar-refractivity contribution in [2.45, 2.75) is 44.6 Å². The standard InChI is InChI=1S/C17H24BrClN2/c18-15-11-14(7-8-16(15)19)21-10-4-9-20-17(12-21)13-5-2-1-3-6-13/h7-8,11,13,17,20H,1-6,9-10,12H2. The van der Waals surface area contributed by atoms with E-state index in [0.717, 1.165) is 35.0 Å². The van der Waals surface area contributed by atoms with Gasteiger partial charge in [-0.15, -0.1) is 0 Å². The molecule has 2 nitrogen and oxygen atoms in total. The lowest BCUT2D eigenvalue weighted by Crippen LogP contribution is -2.43. The molecule has 0 radical (unpaired) electrons. The van der Waals surface area contributed by atoms with Crippen molar-refractivity contribution in [1.29, 1.82) is 0 Å². The summed E-state index contributed by atoms with van der Waals surface area (Å²) in [5.74, 6) is 0.857. The van der Waals surface area contributed by atoms with Gasteiger partial charge in [0.25, 0.3) is 0 Å². The maximum atomic E-state index is 6.12. The zero-order valence-corrected chi connectivity index (χ0v) is 14.8. The zero-order valence-electron chi connectivity index (χ0n) is 12.5. The van der Waals surface area contributed by atoms with Crippen LogP contribution in [0.25, 0.3) is 0 Å². The van der Waals surface area contributed by atoms with Gasteiger partial charge in [-0.2, -0.15) is 0 Å². The Morgan fingerprint density at radius 3 is 2.71 bits per heavy atom. The number of nitrogens with zero attached hydrogens (tertiary/aromatic N) is 1. The second-order valence-corrected chi connectivity index (χ2v) is 7.62. The lowest BCUT2D eigenvalue weighted by molar-refractivity contribution is 0.277. The molecule has 2 aliphatic rings. The fourth-order valence-corrected chi connectivity index (χ4v) is 4.20. The molecule has 0 bridgehead atoms. The normalized spacial score (nSPS) is 24.9. The number of rotatable bonds is 2. The summed E-state index contributed by atoms with van der Waals surface area (Å²) in [6.45, 7) is 3.40. The maximum absolute atomic E-state index is 6.12. The Balaban J connectivity index is 1.73. The minimum Gasteiger partial charge on any atom is -0.370 e. The van der Waals surface area contributed by atoms with Crippen molar-refractivity contribution in [3.05, 3.63) is 27.7 Å². The van der Waals surface area contributed by atoms with Crippen LogP contribution in [0.1, 0.15) is 38.5 Å². The first-order valence-electron chi connectivity index (χ1n) is 8.17. The quantitative estimate of drug-likeness (QED) is 0.799. The lowest BCUT2D eigenvalue weighted by atomic mass is 9.83. The van der Waals surface area contributed by atoms with Crippen molar-refractivity contribution >= 4 is 33.2 Å². The molecule has 1 aliphatic carbocycles. The first-order chi connectivity index (χ1) is 10.2. The third-order valence-electron chi connectivity index (χ3n) is 4.92. The Kier molecular flexibility index (Phi) is 5.47. The van der Waals surface area contributed by atoms with Gasteiger partial charge < -0.3 is 10.2 Å². The van der Waals surface area contributed by atoms with E-state index >= 15 is 0 Å². The molecule has 1 aliphatic heterocycles. The van der Waals surface area contributed by atoms with Gasteiger partial charge in [0.05, 0.1) is 5.02 Å². The Labute approximate surface area is 141 Å². The second-order valence-electron chi connectivity index (χ2n) is 6.36. The summed E-state index contributed by atoms with van der Waals surface area (Å²) in [6.07, 6.45) is 8.26. The minimum atomic E-state index is 0.641. The highest BCUT2D eigenvalue weighted by molar-refractivity contribution is 9.10. The predicted octanol–water partition coefficient (Wildman–Crippen LogP) is 4.85. The summed E-state index contributed by atoms with van der Waals surface area (Å²) in [6, 6.07) is 6.94. The van der Waals surface area contributed by atoms with E-state index in [4.69, 9.17) is 11.6 Å². The van der Waals surface area contributed by atoms with Crippen molar-refractivity contribution in [3.8, 4) is 0 Å². The third kappa shape index (κ3) is 3.94. The summed E-state index contributed by atoms with van der Waals surface area (Å²) in [7, 11) is 0. The van der Waals surface area contributed by atoms with Crippen LogP contribution in [0.15, 0.2) is 22.7 Å². The van der Waals surface area contributed by atoms with E-state index in [0.29, 0.717) is 6.04 Å². The molecule has 0 aromatic heterocycles. The molecule has 3 rings (SSSR count). The SMILES string of the molecule is Clc1ccc(N2CCCNC(C3CCCCC3)C2)cc1Br. The molecule has 116 valence electrons. The van der Waals surface area contributed by atoms with Crippen LogP contribution in [0.4, 0.5) is 5.69 Å². The van der Waals surface area contributed by atoms with E-state index in [1.807, 2.05) is 6.07 Å². The number of nitrogens with one attached hydrogen (secondary N) is 1. The van der Waals surface area contributed by atoms with Crippen LogP contribution in [0.5, 0.6) is 0 Å². The molecule has 1 saturated carbocycles. The minimum absolute atomic E-state index is 0.641. The van der Waals surface area contributed by atoms with Crippen LogP contribution in [0.2, 0.25) is 5.02 Å². The number of anilines is 1. The highest BCUT2D eigenvalue weighted by atomic mass is 79.9. The molecule has 4 heteroatoms. The van der Waals surface area contributed by atoms with Gasteiger partial charge in [0.15, 0.2) is 0 Å². The Morgan fingerprint density at radius 2 is 1.95 bits per heavy atom. The van der Waals surface area contributed by atoms with Crippen LogP contribution >= 0.6 is 27.5 Å². The van der Waals surface area contributed by atoms with Crippen LogP contribution in [0, 0.1) is 5.92 Å². The van der Waals surface area contributed by atoms with Crippen LogP contribution in [0.3, 0.4) is 0 Å². The number of halogens is 2. The van der Waals surface area contributed by atoms with Gasteiger partial charge in [-0.25, -0.2) is 0 Å². The van der Waals surface area contributed by atoms with Crippen LogP contribution in [-0.4, -0.2) is 25.7 Å². The van der Waals surface area contributed by atoms with E-state index < -0.39 is 0 Å². The summed E-state index contributed by atoms with van der Waals surface area (Å²) < 4.78 is 0.994. The summed E-state index contributed by atoms with van der Waals surface area (Å²) in [5, 5.41) is 4.59. The molecule has 21 heavy (non-hydrogen) atoms. The summed E-state index contributed by atoms with van der Waals surface area (Å²) >= 11 is 9.67. The number of hydrogen-bond acceptors (Lipinski definition) is 2. The Morgan fingerprint density at radius 1 is 1.14 bits per heavy atom. The third-order valence-corrected chi connectivity index (χ3v) is 6.13. The fraction of sp³-hybridized carbons (Fsp3) is 0.647. The van der Waals surface area contributed by atoms with Gasteiger partial charge in [-0.05, 0) is 65.9 Å². The predicted molar refractivity (Wildman–Crippen MR) is 94.3 cm³/mol. The van der Waals surface area contributed by atoms with Gasteiger partial charge in [-0.3, -0.25) is 0 Å². The van der Waals surface area contributed by atoms with E-state index in [1.54, 1.807) is 0 Å². The van der Waals surface area contributed by atoms with Gasteiger partial charge >= 0.3 is 0 Å². The average molecular weight is 372 g/mol. The van der Waals surface area contributed by atoms with Gasteiger partial charge in [-0.1, -0.05) is 30.9 Å². The van der Waals surface area contributed by atoms with Crippen LogP contribution < -0.4 is 10.2 Å². The smallest absolute Gasteiger partial charge is 0.0549 e. The lowest BCUT2D eigenvalue weighted by Gasteiger charge is -2.33. The van der Waals surface area contributed by atoms with Crippen molar-refractivity contribution in [3.63, 3.8) is 0 Å². The van der Waals surface area contributed by atoms with E-state index in [2.05, 4.69) is 38.3 Å². The number of benzene rings is 1. The highest BCUT2D eigenvalue weighted by Crippen LogP contribution is 2.31. The van der Waals surface area contributed by atoms with Gasteiger partial charge in [0.1, 0.15) is 0 Å². The topological polar surface area (TPSA) is 15.3 Å². The zero-order chi connectivity index (χ0) is 14.7. The van der Waals surface area contributed by atoms with Crippen molar-refractivity contribution in [2.75, 3.05) is 24.5 Å². The average Bonchev–Trinajstić information content (AvgIpc) is 2.77. The van der Waals surface area contributed by atoms with Gasteiger partial charge in [0, 0.05) is 29.3 Å². The molecule has 0 amide bonds. The summed E-state index contributed by atoms with van der Waals surface area (Å²) in [4.78, 5) is 2.53. The fourth-order valence-electron chi connectivity index (χ4n) is 3.72. The van der Waals surface area contributed by atoms with E-state index in [-0.39, 0.29) is 0 Å². The second kappa shape index (κ2) is 7.34. The molecule has 1 N–H and O–H groups in total. The van der Waals surface area contributed by atoms with Gasteiger partial charge in [0.2, 0.25) is 0 Å². The first-order valence-corrected chi connectivity index (χ1v) is 9.34. The Hall–Kier alpha value is -0.250. The van der Waals surface area contributed by atoms with E-state index in [1.165, 1.54) is 44.2 Å². The molecule has 1 saturated heterocycles. The maximum Gasteiger partial charge on any atom is 0.0549 e. The molecule has 1 heterocycles. The molecular weight excluding hydrogens is 348 g/mol. The number of hydrogen-bond donors (Lipinski definition) is 1. The molecule has 1 unspecified atom stereocenters. The van der Waals surface area contributed by atoms with Crippen molar-refractivity contribution in [1.82, 2.24) is 5.32 Å². The first kappa shape index (κ1) is 15.6. The van der Waals surface area contributed by atoms with Crippen molar-refractivity contribution < 1.29 is 0 Å². The van der Waals surface area contributed by atoms with Crippen LogP contribution in [-0.2, 0) is 0 Å². The molecule has 1 atom stereocenters. The molecule has 2 fully saturated rings. The molecule has 1 aromatic rings.